The van der Waals surface area contributed by atoms with Gasteiger partial charge in [-0.3, -0.25) is 0 Å². The van der Waals surface area contributed by atoms with Crippen LogP contribution in [-0.4, -0.2) is 21.9 Å². The normalized spacial score (nSPS) is 14.3. The maximum atomic E-state index is 13.2. The number of aliphatic hydroxyl groups excluding tert-OH is 1. The van der Waals surface area contributed by atoms with Gasteiger partial charge in [-0.15, -0.1) is 0 Å². The average molecular weight is 363 g/mol. The van der Waals surface area contributed by atoms with E-state index in [1.54, 1.807) is 0 Å². The molecule has 0 bridgehead atoms. The summed E-state index contributed by atoms with van der Waals surface area (Å²) in [7, 11) is 0. The van der Waals surface area contributed by atoms with Gasteiger partial charge in [0.05, 0.1) is 17.2 Å². The molecular weight excluding hydrogens is 349 g/mol. The molecule has 0 aliphatic rings. The lowest BCUT2D eigenvalue weighted by atomic mass is 9.91. The predicted molar refractivity (Wildman–Crippen MR) is 81.3 cm³/mol. The van der Waals surface area contributed by atoms with E-state index < -0.39 is 29.5 Å². The van der Waals surface area contributed by atoms with E-state index >= 15 is 0 Å². The molecule has 0 heterocycles. The zero-order chi connectivity index (χ0) is 18.1. The van der Waals surface area contributed by atoms with Crippen LogP contribution in [0.25, 0.3) is 0 Å². The maximum Gasteiger partial charge on any atom is 0.416 e. The molecule has 0 fully saturated rings. The molecule has 1 unspecified atom stereocenters. The molecule has 0 radical (unpaired) electrons. The van der Waals surface area contributed by atoms with E-state index in [2.05, 4.69) is 0 Å². The van der Waals surface area contributed by atoms with Crippen LogP contribution in [0.1, 0.15) is 18.1 Å². The number of ether oxygens (including phenoxy) is 1. The van der Waals surface area contributed by atoms with Gasteiger partial charge in [0.1, 0.15) is 22.8 Å². The molecule has 0 aromatic heterocycles. The highest BCUT2D eigenvalue weighted by molar-refractivity contribution is 6.32. The van der Waals surface area contributed by atoms with Crippen LogP contribution in [-0.2, 0) is 11.8 Å². The molecule has 0 spiro atoms. The lowest BCUT2D eigenvalue weighted by molar-refractivity contribution is -0.141. The Bertz CT molecular complexity index is 745. The summed E-state index contributed by atoms with van der Waals surface area (Å²) < 4.78 is 45.0. The summed E-state index contributed by atoms with van der Waals surface area (Å²) in [6.07, 6.45) is -4.75. The first kappa shape index (κ1) is 18.4. The number of hydrogen-bond acceptors (Lipinski definition) is 4. The van der Waals surface area contributed by atoms with Crippen molar-refractivity contribution in [3.8, 4) is 17.2 Å². The van der Waals surface area contributed by atoms with Crippen LogP contribution < -0.4 is 4.74 Å². The van der Waals surface area contributed by atoms with Crippen molar-refractivity contribution < 1.29 is 33.2 Å². The fourth-order valence-corrected chi connectivity index (χ4v) is 2.19. The minimum Gasteiger partial charge on any atom is -0.506 e. The molecule has 130 valence electrons. The number of aliphatic hydroxyl groups is 2. The quantitative estimate of drug-likeness (QED) is 0.767. The van der Waals surface area contributed by atoms with E-state index in [-0.39, 0.29) is 22.3 Å². The highest BCUT2D eigenvalue weighted by Gasteiger charge is 2.39. The molecule has 8 heteroatoms. The van der Waals surface area contributed by atoms with Gasteiger partial charge in [-0.25, -0.2) is 0 Å². The van der Waals surface area contributed by atoms with Crippen LogP contribution in [0.2, 0.25) is 5.02 Å². The van der Waals surface area contributed by atoms with Gasteiger partial charge >= 0.3 is 6.18 Å². The van der Waals surface area contributed by atoms with Gasteiger partial charge in [-0.05, 0) is 36.8 Å². The second-order valence-corrected chi connectivity index (χ2v) is 5.76. The van der Waals surface area contributed by atoms with E-state index in [9.17, 15) is 23.4 Å². The van der Waals surface area contributed by atoms with Crippen molar-refractivity contribution in [2.24, 2.45) is 0 Å². The van der Waals surface area contributed by atoms with Gasteiger partial charge in [-0.2, -0.15) is 13.2 Å². The molecule has 0 amide bonds. The minimum absolute atomic E-state index is 0.0765. The molecule has 0 saturated heterocycles. The highest BCUT2D eigenvalue weighted by Crippen LogP contribution is 2.40. The summed E-state index contributed by atoms with van der Waals surface area (Å²) in [5.41, 5.74) is -3.65. The van der Waals surface area contributed by atoms with Crippen LogP contribution in [0.3, 0.4) is 0 Å². The summed E-state index contributed by atoms with van der Waals surface area (Å²) in [5, 5.41) is 28.6. The number of phenols is 1. The standard InChI is InChI=1S/C16H14ClF3O4/c1-15(23,8-21)11-4-2-9(6-12(11)16(18,19)20)24-10-3-5-13(17)14(22)7-10/h2-7,21-23H,8H2,1H3. The Morgan fingerprint density at radius 2 is 1.62 bits per heavy atom. The van der Waals surface area contributed by atoms with Crippen molar-refractivity contribution in [2.45, 2.75) is 18.7 Å². The van der Waals surface area contributed by atoms with E-state index in [1.807, 2.05) is 0 Å². The second-order valence-electron chi connectivity index (χ2n) is 5.35. The maximum absolute atomic E-state index is 13.2. The first-order valence-corrected chi connectivity index (χ1v) is 7.14. The largest absolute Gasteiger partial charge is 0.506 e. The third-order valence-electron chi connectivity index (χ3n) is 3.34. The number of alkyl halides is 3. The average Bonchev–Trinajstić information content (AvgIpc) is 2.50. The van der Waals surface area contributed by atoms with E-state index in [0.29, 0.717) is 6.07 Å². The van der Waals surface area contributed by atoms with Crippen LogP contribution >= 0.6 is 11.6 Å². The van der Waals surface area contributed by atoms with Gasteiger partial charge in [0.15, 0.2) is 0 Å². The van der Waals surface area contributed by atoms with E-state index in [0.717, 1.165) is 19.1 Å². The fraction of sp³-hybridized carbons (Fsp3) is 0.250. The lowest BCUT2D eigenvalue weighted by Crippen LogP contribution is -2.29. The molecule has 24 heavy (non-hydrogen) atoms. The Hall–Kier alpha value is -1.96. The zero-order valence-electron chi connectivity index (χ0n) is 12.4. The SMILES string of the molecule is CC(O)(CO)c1ccc(Oc2ccc(Cl)c(O)c2)cc1C(F)(F)F. The predicted octanol–water partition coefficient (Wildman–Crippen LogP) is 4.06. The summed E-state index contributed by atoms with van der Waals surface area (Å²) in [6.45, 7) is 0.205. The summed E-state index contributed by atoms with van der Waals surface area (Å²) in [4.78, 5) is 0. The number of benzene rings is 2. The Morgan fingerprint density at radius 1 is 1.04 bits per heavy atom. The van der Waals surface area contributed by atoms with Gasteiger partial charge in [0.25, 0.3) is 0 Å². The van der Waals surface area contributed by atoms with Crippen LogP contribution in [0, 0.1) is 0 Å². The van der Waals surface area contributed by atoms with E-state index in [1.165, 1.54) is 18.2 Å². The third-order valence-corrected chi connectivity index (χ3v) is 3.66. The van der Waals surface area contributed by atoms with Crippen molar-refractivity contribution in [1.29, 1.82) is 0 Å². The van der Waals surface area contributed by atoms with Gasteiger partial charge in [-0.1, -0.05) is 17.7 Å². The molecule has 2 aromatic rings. The first-order chi connectivity index (χ1) is 11.0. The number of aromatic hydroxyl groups is 1. The van der Waals surface area contributed by atoms with Crippen molar-refractivity contribution in [1.82, 2.24) is 0 Å². The second kappa shape index (κ2) is 6.51. The van der Waals surface area contributed by atoms with Crippen molar-refractivity contribution in [2.75, 3.05) is 6.61 Å². The lowest BCUT2D eigenvalue weighted by Gasteiger charge is -2.25. The monoisotopic (exact) mass is 362 g/mol. The van der Waals surface area contributed by atoms with Crippen molar-refractivity contribution in [3.05, 3.63) is 52.5 Å². The minimum atomic E-state index is -4.75. The highest BCUT2D eigenvalue weighted by atomic mass is 35.5. The summed E-state index contributed by atoms with van der Waals surface area (Å²) in [5.74, 6) is -0.335. The smallest absolute Gasteiger partial charge is 0.416 e. The molecule has 0 aliphatic carbocycles. The molecule has 2 aromatic carbocycles. The first-order valence-electron chi connectivity index (χ1n) is 6.76. The van der Waals surface area contributed by atoms with Gasteiger partial charge in [0.2, 0.25) is 0 Å². The van der Waals surface area contributed by atoms with E-state index in [4.69, 9.17) is 21.4 Å². The fourth-order valence-electron chi connectivity index (χ4n) is 2.07. The summed E-state index contributed by atoms with van der Waals surface area (Å²) >= 11 is 5.65. The molecular formula is C16H14ClF3O4. The Morgan fingerprint density at radius 3 is 2.17 bits per heavy atom. The third kappa shape index (κ3) is 3.92. The molecule has 0 saturated carbocycles. The Balaban J connectivity index is 2.44. The number of halogens is 4. The van der Waals surface area contributed by atoms with Crippen LogP contribution in [0.5, 0.6) is 17.2 Å². The van der Waals surface area contributed by atoms with Crippen molar-refractivity contribution >= 4 is 11.6 Å². The van der Waals surface area contributed by atoms with Gasteiger partial charge in [0, 0.05) is 6.07 Å². The molecule has 0 aliphatic heterocycles. The van der Waals surface area contributed by atoms with Crippen molar-refractivity contribution in [3.63, 3.8) is 0 Å². The Labute approximate surface area is 140 Å². The van der Waals surface area contributed by atoms with Crippen LogP contribution in [0.15, 0.2) is 36.4 Å². The molecule has 1 atom stereocenters. The Kier molecular flexibility index (Phi) is 4.98. The number of hydrogen-bond donors (Lipinski definition) is 3. The molecule has 3 N–H and O–H groups in total. The summed E-state index contributed by atoms with van der Waals surface area (Å²) in [6, 6.07) is 6.85. The molecule has 2 rings (SSSR count). The molecule has 4 nitrogen and oxygen atoms in total. The zero-order valence-corrected chi connectivity index (χ0v) is 13.2. The van der Waals surface area contributed by atoms with Gasteiger partial charge < -0.3 is 20.1 Å². The number of phenolic OH excluding ortho intramolecular Hbond substituents is 1. The topological polar surface area (TPSA) is 69.9 Å². The van der Waals surface area contributed by atoms with Crippen LogP contribution in [0.4, 0.5) is 13.2 Å². The number of rotatable bonds is 4.